The van der Waals surface area contributed by atoms with Crippen LogP contribution >= 0.6 is 22.6 Å². The van der Waals surface area contributed by atoms with Crippen LogP contribution < -0.4 is 0 Å². The van der Waals surface area contributed by atoms with Gasteiger partial charge in [0, 0.05) is 9.99 Å². The molecule has 3 heteroatoms. The van der Waals surface area contributed by atoms with Gasteiger partial charge in [-0.15, -0.1) is 0 Å². The van der Waals surface area contributed by atoms with Crippen molar-refractivity contribution in [3.63, 3.8) is 0 Å². The van der Waals surface area contributed by atoms with Crippen molar-refractivity contribution in [2.24, 2.45) is 0 Å². The van der Waals surface area contributed by atoms with Gasteiger partial charge in [0.2, 0.25) is 0 Å². The molecule has 0 saturated heterocycles. The van der Waals surface area contributed by atoms with Crippen LogP contribution in [0.5, 0.6) is 0 Å². The van der Waals surface area contributed by atoms with Crippen LogP contribution in [-0.2, 0) is 0 Å². The first kappa shape index (κ1) is 8.93. The van der Waals surface area contributed by atoms with Gasteiger partial charge in [-0.1, -0.05) is 40.8 Å². The monoisotopic (exact) mass is 266 g/mol. The molecule has 0 spiro atoms. The highest BCUT2D eigenvalue weighted by Gasteiger charge is 2.09. The van der Waals surface area contributed by atoms with Crippen LogP contribution in [0.3, 0.4) is 0 Å². The fourth-order valence-corrected chi connectivity index (χ4v) is 1.30. The number of hydrogen-bond acceptors (Lipinski definition) is 1. The molecule has 11 heavy (non-hydrogen) atoms. The van der Waals surface area contributed by atoms with E-state index in [0.717, 1.165) is 0 Å². The van der Waals surface area contributed by atoms with E-state index in [1.165, 1.54) is 6.07 Å². The number of alkyl halides is 1. The summed E-state index contributed by atoms with van der Waals surface area (Å²) in [5.74, 6) is -0.336. The zero-order valence-corrected chi connectivity index (χ0v) is 7.95. The highest BCUT2D eigenvalue weighted by atomic mass is 127. The molecule has 1 N–H and O–H groups in total. The van der Waals surface area contributed by atoms with Gasteiger partial charge in [0.25, 0.3) is 0 Å². The Hall–Kier alpha value is -0.160. The van der Waals surface area contributed by atoms with Crippen LogP contribution in [-0.4, -0.2) is 9.53 Å². The molecule has 0 aliphatic heterocycles. The summed E-state index contributed by atoms with van der Waals surface area (Å²) in [6.07, 6.45) is -0.684. The quantitative estimate of drug-likeness (QED) is 0.643. The molecular formula is C8H8FIO. The first-order valence-corrected chi connectivity index (χ1v) is 4.76. The van der Waals surface area contributed by atoms with E-state index >= 15 is 0 Å². The summed E-state index contributed by atoms with van der Waals surface area (Å²) in [5, 5.41) is 9.26. The Morgan fingerprint density at radius 2 is 2.09 bits per heavy atom. The Kier molecular flexibility index (Phi) is 3.26. The number of halogens is 2. The molecule has 0 amide bonds. The average molecular weight is 266 g/mol. The van der Waals surface area contributed by atoms with Crippen molar-refractivity contribution in [3.8, 4) is 0 Å². The van der Waals surface area contributed by atoms with Crippen LogP contribution in [0.25, 0.3) is 0 Å². The van der Waals surface area contributed by atoms with Gasteiger partial charge in [0.15, 0.2) is 0 Å². The van der Waals surface area contributed by atoms with Crippen molar-refractivity contribution in [2.75, 3.05) is 4.43 Å². The minimum Gasteiger partial charge on any atom is -0.388 e. The first-order valence-electron chi connectivity index (χ1n) is 3.24. The molecule has 0 fully saturated rings. The maximum atomic E-state index is 12.9. The van der Waals surface area contributed by atoms with E-state index < -0.39 is 6.10 Å². The van der Waals surface area contributed by atoms with Crippen LogP contribution in [0.4, 0.5) is 4.39 Å². The van der Waals surface area contributed by atoms with Crippen molar-refractivity contribution in [2.45, 2.75) is 6.10 Å². The minimum atomic E-state index is -0.684. The highest BCUT2D eigenvalue weighted by Crippen LogP contribution is 2.17. The van der Waals surface area contributed by atoms with Crippen LogP contribution in [0.15, 0.2) is 24.3 Å². The molecule has 0 aromatic heterocycles. The van der Waals surface area contributed by atoms with Crippen molar-refractivity contribution in [1.82, 2.24) is 0 Å². The highest BCUT2D eigenvalue weighted by molar-refractivity contribution is 14.1. The van der Waals surface area contributed by atoms with E-state index in [9.17, 15) is 9.50 Å². The summed E-state index contributed by atoms with van der Waals surface area (Å²) in [4.78, 5) is 0. The van der Waals surface area contributed by atoms with E-state index in [1.807, 2.05) is 22.6 Å². The third-order valence-electron chi connectivity index (χ3n) is 1.41. The first-order chi connectivity index (χ1) is 5.25. The zero-order valence-electron chi connectivity index (χ0n) is 5.80. The number of aliphatic hydroxyl groups excluding tert-OH is 1. The molecule has 0 aliphatic rings. The molecule has 1 rings (SSSR count). The van der Waals surface area contributed by atoms with E-state index in [2.05, 4.69) is 0 Å². The molecule has 1 aromatic carbocycles. The average Bonchev–Trinajstić information content (AvgIpc) is 2.04. The minimum absolute atomic E-state index is 0.336. The molecule has 0 radical (unpaired) electrons. The fourth-order valence-electron chi connectivity index (χ4n) is 0.828. The molecule has 0 aliphatic carbocycles. The Balaban J connectivity index is 2.93. The molecule has 1 unspecified atom stereocenters. The van der Waals surface area contributed by atoms with E-state index in [0.29, 0.717) is 9.99 Å². The second kappa shape index (κ2) is 4.01. The van der Waals surface area contributed by atoms with Gasteiger partial charge in [-0.3, -0.25) is 0 Å². The summed E-state index contributed by atoms with van der Waals surface area (Å²) in [5.41, 5.74) is 0.377. The summed E-state index contributed by atoms with van der Waals surface area (Å²) in [7, 11) is 0. The van der Waals surface area contributed by atoms with Gasteiger partial charge in [-0.05, 0) is 6.07 Å². The van der Waals surface area contributed by atoms with Crippen LogP contribution in [0, 0.1) is 5.82 Å². The van der Waals surface area contributed by atoms with E-state index in [-0.39, 0.29) is 5.82 Å². The Morgan fingerprint density at radius 3 is 2.64 bits per heavy atom. The summed E-state index contributed by atoms with van der Waals surface area (Å²) < 4.78 is 13.4. The third-order valence-corrected chi connectivity index (χ3v) is 2.24. The molecule has 1 atom stereocenters. The maximum absolute atomic E-state index is 12.9. The topological polar surface area (TPSA) is 20.2 Å². The van der Waals surface area contributed by atoms with E-state index in [1.54, 1.807) is 18.2 Å². The lowest BCUT2D eigenvalue weighted by atomic mass is 10.1. The normalized spacial score (nSPS) is 13.0. The standard InChI is InChI=1S/C8H8FIO/c9-7-4-2-1-3-6(7)8(11)5-10/h1-4,8,11H,5H2. The third kappa shape index (κ3) is 2.13. The van der Waals surface area contributed by atoms with Gasteiger partial charge in [0.1, 0.15) is 5.82 Å². The zero-order chi connectivity index (χ0) is 8.27. The molecule has 1 nitrogen and oxygen atoms in total. The van der Waals surface area contributed by atoms with Gasteiger partial charge in [-0.25, -0.2) is 4.39 Å². The predicted molar refractivity (Wildman–Crippen MR) is 50.2 cm³/mol. The van der Waals surface area contributed by atoms with Crippen LogP contribution in [0.2, 0.25) is 0 Å². The molecule has 0 saturated carbocycles. The number of benzene rings is 1. The molecule has 1 aromatic rings. The van der Waals surface area contributed by atoms with Crippen molar-refractivity contribution >= 4 is 22.6 Å². The Labute approximate surface area is 78.4 Å². The number of rotatable bonds is 2. The lowest BCUT2D eigenvalue weighted by molar-refractivity contribution is 0.202. The second-order valence-electron chi connectivity index (χ2n) is 2.19. The van der Waals surface area contributed by atoms with Crippen molar-refractivity contribution in [3.05, 3.63) is 35.6 Å². The van der Waals surface area contributed by atoms with Gasteiger partial charge in [0.05, 0.1) is 6.10 Å². The Bertz CT molecular complexity index is 239. The lowest BCUT2D eigenvalue weighted by Gasteiger charge is -2.06. The van der Waals surface area contributed by atoms with Crippen molar-refractivity contribution < 1.29 is 9.50 Å². The molecular weight excluding hydrogens is 258 g/mol. The fraction of sp³-hybridized carbons (Fsp3) is 0.250. The van der Waals surface area contributed by atoms with Crippen LogP contribution in [0.1, 0.15) is 11.7 Å². The number of hydrogen-bond donors (Lipinski definition) is 1. The smallest absolute Gasteiger partial charge is 0.129 e. The SMILES string of the molecule is OC(CI)c1ccccc1F. The largest absolute Gasteiger partial charge is 0.388 e. The molecule has 0 heterocycles. The molecule has 0 bridgehead atoms. The summed E-state index contributed by atoms with van der Waals surface area (Å²) >= 11 is 2.02. The van der Waals surface area contributed by atoms with Gasteiger partial charge < -0.3 is 5.11 Å². The van der Waals surface area contributed by atoms with Gasteiger partial charge >= 0.3 is 0 Å². The van der Waals surface area contributed by atoms with Crippen molar-refractivity contribution in [1.29, 1.82) is 0 Å². The van der Waals surface area contributed by atoms with Gasteiger partial charge in [-0.2, -0.15) is 0 Å². The predicted octanol–water partition coefficient (Wildman–Crippen LogP) is 2.29. The summed E-state index contributed by atoms with van der Waals surface area (Å²) in [6, 6.07) is 6.27. The second-order valence-corrected chi connectivity index (χ2v) is 3.07. The molecule has 60 valence electrons. The summed E-state index contributed by atoms with van der Waals surface area (Å²) in [6.45, 7) is 0. The maximum Gasteiger partial charge on any atom is 0.129 e. The Morgan fingerprint density at radius 1 is 1.45 bits per heavy atom. The number of aliphatic hydroxyl groups is 1. The lowest BCUT2D eigenvalue weighted by Crippen LogP contribution is -2.00. The van der Waals surface area contributed by atoms with E-state index in [4.69, 9.17) is 0 Å².